The first-order valence-corrected chi connectivity index (χ1v) is 5.47. The highest BCUT2D eigenvalue weighted by Crippen LogP contribution is 2.24. The van der Waals surface area contributed by atoms with Crippen LogP contribution in [0.25, 0.3) is 0 Å². The number of nitrogens with zero attached hydrogens (tertiary/aromatic N) is 2. The molecule has 0 amide bonds. The van der Waals surface area contributed by atoms with Crippen molar-refractivity contribution in [3.05, 3.63) is 28.4 Å². The molecule has 97 valence electrons. The highest BCUT2D eigenvalue weighted by atomic mass is 16.6. The highest BCUT2D eigenvalue weighted by molar-refractivity contribution is 6.46. The minimum atomic E-state index is -1.02. The number of hydrogen-bond donors (Lipinski definition) is 1. The minimum Gasteiger partial charge on any atom is -0.426 e. The van der Waals surface area contributed by atoms with Gasteiger partial charge in [0.15, 0.2) is 0 Å². The third kappa shape index (κ3) is 3.51. The predicted molar refractivity (Wildman–Crippen MR) is 67.7 cm³/mol. The third-order valence-corrected chi connectivity index (χ3v) is 2.92. The molecule has 7 heteroatoms. The molecule has 0 aromatic carbocycles. The van der Waals surface area contributed by atoms with Crippen LogP contribution in [0.4, 0.5) is 5.82 Å². The topological polar surface area (TPSA) is 85.5 Å². The van der Waals surface area contributed by atoms with E-state index in [0.29, 0.717) is 5.46 Å². The van der Waals surface area contributed by atoms with Crippen LogP contribution in [0.5, 0.6) is 0 Å². The molecule has 1 rings (SSSR count). The van der Waals surface area contributed by atoms with Crippen LogP contribution >= 0.6 is 0 Å². The smallest absolute Gasteiger partial charge is 0.363 e. The van der Waals surface area contributed by atoms with Crippen molar-refractivity contribution in [1.29, 1.82) is 0 Å². The fourth-order valence-corrected chi connectivity index (χ4v) is 0.935. The second-order valence-electron chi connectivity index (χ2n) is 5.01. The Morgan fingerprint density at radius 2 is 2.00 bits per heavy atom. The molecule has 0 saturated heterocycles. The summed E-state index contributed by atoms with van der Waals surface area (Å²) >= 11 is 0. The molecule has 1 N–H and O–H groups in total. The Hall–Kier alpha value is -1.47. The first kappa shape index (κ1) is 14.6. The van der Waals surface area contributed by atoms with E-state index in [1.54, 1.807) is 27.7 Å². The second-order valence-corrected chi connectivity index (χ2v) is 5.01. The summed E-state index contributed by atoms with van der Waals surface area (Å²) in [6, 6.07) is 2.83. The Kier molecular flexibility index (Phi) is 4.08. The molecule has 0 unspecified atom stereocenters. The molecule has 18 heavy (non-hydrogen) atoms. The van der Waals surface area contributed by atoms with E-state index < -0.39 is 16.1 Å². The van der Waals surface area contributed by atoms with Crippen LogP contribution in [-0.2, 0) is 4.65 Å². The zero-order chi connectivity index (χ0) is 14.0. The lowest BCUT2D eigenvalue weighted by Crippen LogP contribution is -2.49. The Balaban J connectivity index is 2.67. The largest absolute Gasteiger partial charge is 0.426 e. The first-order valence-electron chi connectivity index (χ1n) is 5.47. The van der Waals surface area contributed by atoms with Gasteiger partial charge in [-0.15, -0.1) is 0 Å². The molecule has 0 aliphatic heterocycles. The highest BCUT2D eigenvalue weighted by Gasteiger charge is 2.35. The molecule has 1 aromatic heterocycles. The van der Waals surface area contributed by atoms with Crippen LogP contribution in [0.2, 0.25) is 0 Å². The van der Waals surface area contributed by atoms with Gasteiger partial charge in [0.2, 0.25) is 0 Å². The van der Waals surface area contributed by atoms with E-state index >= 15 is 0 Å². The molecule has 1 heterocycles. The van der Waals surface area contributed by atoms with Gasteiger partial charge < -0.3 is 19.9 Å². The van der Waals surface area contributed by atoms with Gasteiger partial charge in [-0.05, 0) is 43.1 Å². The second kappa shape index (κ2) is 5.03. The van der Waals surface area contributed by atoms with Crippen LogP contribution < -0.4 is 5.46 Å². The van der Waals surface area contributed by atoms with E-state index in [4.69, 9.17) is 4.65 Å². The zero-order valence-electron chi connectivity index (χ0n) is 10.9. The molecule has 0 aliphatic rings. The molecule has 1 aromatic rings. The van der Waals surface area contributed by atoms with Gasteiger partial charge in [-0.2, -0.15) is 0 Å². The van der Waals surface area contributed by atoms with Gasteiger partial charge in [-0.1, -0.05) is 6.07 Å². The van der Waals surface area contributed by atoms with Crippen LogP contribution in [0, 0.1) is 10.1 Å². The van der Waals surface area contributed by atoms with E-state index in [1.165, 1.54) is 25.8 Å². The average Bonchev–Trinajstić information content (AvgIpc) is 2.25. The molecule has 0 bridgehead atoms. The van der Waals surface area contributed by atoms with Crippen molar-refractivity contribution in [1.82, 2.24) is 4.98 Å². The van der Waals surface area contributed by atoms with Crippen molar-refractivity contribution < 1.29 is 14.7 Å². The summed E-state index contributed by atoms with van der Waals surface area (Å²) in [5.74, 6) is -0.214. The Morgan fingerprint density at radius 1 is 1.39 bits per heavy atom. The maximum Gasteiger partial charge on any atom is 0.363 e. The molecular weight excluding hydrogens is 235 g/mol. The quantitative estimate of drug-likeness (QED) is 0.475. The summed E-state index contributed by atoms with van der Waals surface area (Å²) < 4.78 is 5.50. The Labute approximate surface area is 106 Å². The maximum absolute atomic E-state index is 10.4. The Morgan fingerprint density at radius 3 is 2.39 bits per heavy atom. The van der Waals surface area contributed by atoms with E-state index in [0.717, 1.165) is 0 Å². The molecule has 0 fully saturated rings. The lowest BCUT2D eigenvalue weighted by Gasteiger charge is -2.37. The Bertz CT molecular complexity index is 426. The summed E-state index contributed by atoms with van der Waals surface area (Å²) in [6.45, 7) is 6.80. The van der Waals surface area contributed by atoms with Gasteiger partial charge in [0.25, 0.3) is 0 Å². The van der Waals surface area contributed by atoms with Gasteiger partial charge >= 0.3 is 13.3 Å². The minimum absolute atomic E-state index is 0.214. The van der Waals surface area contributed by atoms with Gasteiger partial charge in [0.1, 0.15) is 6.20 Å². The molecule has 0 atom stereocenters. The van der Waals surface area contributed by atoms with Crippen molar-refractivity contribution >= 4 is 18.8 Å². The maximum atomic E-state index is 10.4. The van der Waals surface area contributed by atoms with Gasteiger partial charge in [-0.3, -0.25) is 0 Å². The number of rotatable bonds is 5. The van der Waals surface area contributed by atoms with E-state index in [9.17, 15) is 15.2 Å². The van der Waals surface area contributed by atoms with Crippen LogP contribution in [0.3, 0.4) is 0 Å². The number of aliphatic hydroxyl groups is 1. The van der Waals surface area contributed by atoms with Crippen LogP contribution in [0.1, 0.15) is 27.7 Å². The van der Waals surface area contributed by atoms with E-state index in [2.05, 4.69) is 4.98 Å². The first-order chi connectivity index (χ1) is 8.13. The monoisotopic (exact) mass is 251 g/mol. The molecule has 0 aliphatic carbocycles. The van der Waals surface area contributed by atoms with Gasteiger partial charge in [0.05, 0.1) is 11.2 Å². The summed E-state index contributed by atoms with van der Waals surface area (Å²) in [5.41, 5.74) is -1.20. The van der Waals surface area contributed by atoms with Crippen molar-refractivity contribution in [2.45, 2.75) is 38.9 Å². The van der Waals surface area contributed by atoms with E-state index in [-0.39, 0.29) is 5.82 Å². The van der Waals surface area contributed by atoms with Crippen molar-refractivity contribution in [3.63, 3.8) is 0 Å². The lowest BCUT2D eigenvalue weighted by atomic mass is 9.83. The van der Waals surface area contributed by atoms with Gasteiger partial charge in [-0.25, -0.2) is 0 Å². The zero-order valence-corrected chi connectivity index (χ0v) is 10.9. The normalized spacial score (nSPS) is 12.3. The number of aromatic nitrogens is 1. The summed E-state index contributed by atoms with van der Waals surface area (Å²) in [6.07, 6.45) is 1.35. The lowest BCUT2D eigenvalue weighted by molar-refractivity contribution is -0.389. The molecular formula is C11H16BN2O4. The van der Waals surface area contributed by atoms with Crippen molar-refractivity contribution in [3.8, 4) is 0 Å². The average molecular weight is 251 g/mol. The summed E-state index contributed by atoms with van der Waals surface area (Å²) in [5, 5.41) is 20.3. The fraction of sp³-hybridized carbons (Fsp3) is 0.545. The van der Waals surface area contributed by atoms with Crippen LogP contribution in [0.15, 0.2) is 18.3 Å². The van der Waals surface area contributed by atoms with Crippen molar-refractivity contribution in [2.75, 3.05) is 0 Å². The fourth-order valence-electron chi connectivity index (χ4n) is 0.935. The van der Waals surface area contributed by atoms with Gasteiger partial charge in [0, 0.05) is 6.07 Å². The van der Waals surface area contributed by atoms with Crippen molar-refractivity contribution in [2.24, 2.45) is 0 Å². The molecule has 0 saturated carbocycles. The van der Waals surface area contributed by atoms with Crippen LogP contribution in [-0.4, -0.2) is 33.7 Å². The predicted octanol–water partition coefficient (Wildman–Crippen LogP) is 0.800. The number of hydrogen-bond acceptors (Lipinski definition) is 5. The number of nitro groups is 1. The SMILES string of the molecule is CC(C)(O)C(C)(C)O[B]c1ccc([N+](=O)[O-])nc1. The molecule has 1 radical (unpaired) electrons. The number of pyridine rings is 1. The third-order valence-electron chi connectivity index (χ3n) is 2.92. The molecule has 0 spiro atoms. The summed E-state index contributed by atoms with van der Waals surface area (Å²) in [4.78, 5) is 13.5. The standard InChI is InChI=1S/C11H16BN2O4/c1-10(2,15)11(3,4)18-12-8-5-6-9(13-7-8)14(16)17/h5-7,15H,1-4H3. The molecule has 6 nitrogen and oxygen atoms in total. The van der Waals surface area contributed by atoms with E-state index in [1.807, 2.05) is 0 Å². The summed E-state index contributed by atoms with van der Waals surface area (Å²) in [7, 11) is 1.43.